The molecule has 0 saturated carbocycles. The summed E-state index contributed by atoms with van der Waals surface area (Å²) in [4.78, 5) is 39.5. The minimum Gasteiger partial charge on any atom is -0.478 e. The molecule has 1 aliphatic rings. The van der Waals surface area contributed by atoms with Gasteiger partial charge in [-0.3, -0.25) is 9.59 Å². The molecular weight excluding hydrogens is 236 g/mol. The van der Waals surface area contributed by atoms with Crippen LogP contribution in [0.1, 0.15) is 24.2 Å². The SMILES string of the molecule is CC1C(=O)N(c2cc(C(=O)O)ccn2)C(=O)C1C. The summed E-state index contributed by atoms with van der Waals surface area (Å²) < 4.78 is 0. The third-order valence-corrected chi connectivity index (χ3v) is 3.19. The van der Waals surface area contributed by atoms with Gasteiger partial charge in [0.25, 0.3) is 0 Å². The van der Waals surface area contributed by atoms with Crippen molar-refractivity contribution >= 4 is 23.6 Å². The molecule has 2 heterocycles. The number of rotatable bonds is 2. The topological polar surface area (TPSA) is 87.6 Å². The van der Waals surface area contributed by atoms with Crippen molar-refractivity contribution in [1.29, 1.82) is 0 Å². The summed E-state index contributed by atoms with van der Waals surface area (Å²) >= 11 is 0. The van der Waals surface area contributed by atoms with Crippen molar-refractivity contribution in [2.75, 3.05) is 4.90 Å². The van der Waals surface area contributed by atoms with E-state index in [0.29, 0.717) is 0 Å². The first-order valence-corrected chi connectivity index (χ1v) is 5.50. The van der Waals surface area contributed by atoms with Crippen molar-refractivity contribution in [2.24, 2.45) is 11.8 Å². The normalized spacial score (nSPS) is 23.6. The number of nitrogens with zero attached hydrogens (tertiary/aromatic N) is 2. The molecule has 6 nitrogen and oxygen atoms in total. The number of carboxylic acids is 1. The smallest absolute Gasteiger partial charge is 0.335 e. The third-order valence-electron chi connectivity index (χ3n) is 3.19. The lowest BCUT2D eigenvalue weighted by Crippen LogP contribution is -2.31. The van der Waals surface area contributed by atoms with Crippen LogP contribution in [0.25, 0.3) is 0 Å². The molecule has 2 rings (SSSR count). The Kier molecular flexibility index (Phi) is 2.86. The van der Waals surface area contributed by atoms with Gasteiger partial charge in [-0.2, -0.15) is 0 Å². The van der Waals surface area contributed by atoms with Gasteiger partial charge in [-0.1, -0.05) is 13.8 Å². The fourth-order valence-corrected chi connectivity index (χ4v) is 1.84. The van der Waals surface area contributed by atoms with Crippen LogP contribution in [0.3, 0.4) is 0 Å². The predicted molar refractivity (Wildman–Crippen MR) is 62.0 cm³/mol. The van der Waals surface area contributed by atoms with E-state index in [1.54, 1.807) is 13.8 Å². The first-order chi connectivity index (χ1) is 8.43. The van der Waals surface area contributed by atoms with E-state index in [4.69, 9.17) is 5.11 Å². The average molecular weight is 248 g/mol. The molecule has 2 amide bonds. The highest BCUT2D eigenvalue weighted by Crippen LogP contribution is 2.29. The summed E-state index contributed by atoms with van der Waals surface area (Å²) in [5.41, 5.74) is -0.00666. The zero-order chi connectivity index (χ0) is 13.4. The lowest BCUT2D eigenvalue weighted by Gasteiger charge is -2.13. The summed E-state index contributed by atoms with van der Waals surface area (Å²) in [6, 6.07) is 2.53. The Balaban J connectivity index is 2.43. The van der Waals surface area contributed by atoms with Gasteiger partial charge in [-0.25, -0.2) is 14.7 Å². The number of carboxylic acid groups (broad SMARTS) is 1. The molecule has 6 heteroatoms. The van der Waals surface area contributed by atoms with Gasteiger partial charge in [-0.05, 0) is 12.1 Å². The molecule has 94 valence electrons. The summed E-state index contributed by atoms with van der Waals surface area (Å²) in [6.45, 7) is 3.35. The summed E-state index contributed by atoms with van der Waals surface area (Å²) in [6.07, 6.45) is 1.27. The van der Waals surface area contributed by atoms with Crippen molar-refractivity contribution in [2.45, 2.75) is 13.8 Å². The molecule has 1 aromatic rings. The molecule has 1 N–H and O–H groups in total. The number of hydrogen-bond acceptors (Lipinski definition) is 4. The molecule has 1 fully saturated rings. The van der Waals surface area contributed by atoms with Crippen LogP contribution in [0.15, 0.2) is 18.3 Å². The van der Waals surface area contributed by atoms with Crippen LogP contribution >= 0.6 is 0 Å². The molecule has 2 atom stereocenters. The van der Waals surface area contributed by atoms with E-state index in [1.165, 1.54) is 18.3 Å². The highest BCUT2D eigenvalue weighted by Gasteiger charge is 2.43. The zero-order valence-electron chi connectivity index (χ0n) is 9.95. The number of carbonyl (C=O) groups is 3. The van der Waals surface area contributed by atoms with Gasteiger partial charge in [0.1, 0.15) is 5.82 Å². The number of anilines is 1. The van der Waals surface area contributed by atoms with Crippen LogP contribution in [0, 0.1) is 11.8 Å². The Morgan fingerprint density at radius 2 is 1.83 bits per heavy atom. The molecule has 0 aromatic carbocycles. The summed E-state index contributed by atoms with van der Waals surface area (Å²) in [7, 11) is 0. The Bertz CT molecular complexity index is 521. The molecule has 0 aliphatic carbocycles. The Morgan fingerprint density at radius 1 is 1.28 bits per heavy atom. The standard InChI is InChI=1S/C12H12N2O4/c1-6-7(2)11(16)14(10(6)15)9-5-8(12(17)18)3-4-13-9/h3-7H,1-2H3,(H,17,18). The highest BCUT2D eigenvalue weighted by atomic mass is 16.4. The van der Waals surface area contributed by atoms with Gasteiger partial charge in [0.05, 0.1) is 5.56 Å². The number of hydrogen-bond donors (Lipinski definition) is 1. The molecular formula is C12H12N2O4. The lowest BCUT2D eigenvalue weighted by atomic mass is 10.00. The monoisotopic (exact) mass is 248 g/mol. The molecule has 1 aromatic heterocycles. The van der Waals surface area contributed by atoms with E-state index in [0.717, 1.165) is 4.90 Å². The molecule has 1 aliphatic heterocycles. The quantitative estimate of drug-likeness (QED) is 0.786. The molecule has 0 spiro atoms. The van der Waals surface area contributed by atoms with Gasteiger partial charge in [0.15, 0.2) is 0 Å². The maximum atomic E-state index is 11.9. The summed E-state index contributed by atoms with van der Waals surface area (Å²) in [5.74, 6) is -2.56. The Hall–Kier alpha value is -2.24. The Labute approximate surface area is 103 Å². The van der Waals surface area contributed by atoms with Crippen molar-refractivity contribution < 1.29 is 19.5 Å². The number of aromatic nitrogens is 1. The predicted octanol–water partition coefficient (Wildman–Crippen LogP) is 0.925. The van der Waals surface area contributed by atoms with Crippen LogP contribution in [-0.2, 0) is 9.59 Å². The number of pyridine rings is 1. The van der Waals surface area contributed by atoms with Crippen LogP contribution in [0.4, 0.5) is 5.82 Å². The first kappa shape index (κ1) is 12.2. The van der Waals surface area contributed by atoms with Crippen LogP contribution < -0.4 is 4.90 Å². The van der Waals surface area contributed by atoms with E-state index in [-0.39, 0.29) is 23.2 Å². The fraction of sp³-hybridized carbons (Fsp3) is 0.333. The van der Waals surface area contributed by atoms with Crippen molar-refractivity contribution in [3.8, 4) is 0 Å². The number of aromatic carboxylic acids is 1. The van der Waals surface area contributed by atoms with Gasteiger partial charge in [-0.15, -0.1) is 0 Å². The van der Waals surface area contributed by atoms with Crippen molar-refractivity contribution in [1.82, 2.24) is 4.98 Å². The van der Waals surface area contributed by atoms with Gasteiger partial charge in [0, 0.05) is 18.0 Å². The van der Waals surface area contributed by atoms with Gasteiger partial charge >= 0.3 is 5.97 Å². The number of carbonyl (C=O) groups excluding carboxylic acids is 2. The fourth-order valence-electron chi connectivity index (χ4n) is 1.84. The largest absolute Gasteiger partial charge is 0.478 e. The second kappa shape index (κ2) is 4.21. The van der Waals surface area contributed by atoms with Crippen molar-refractivity contribution in [3.63, 3.8) is 0 Å². The second-order valence-electron chi connectivity index (χ2n) is 4.30. The Morgan fingerprint density at radius 3 is 2.33 bits per heavy atom. The molecule has 18 heavy (non-hydrogen) atoms. The maximum Gasteiger partial charge on any atom is 0.335 e. The minimum atomic E-state index is -1.13. The van der Waals surface area contributed by atoms with E-state index in [1.807, 2.05) is 0 Å². The average Bonchev–Trinajstić information content (AvgIpc) is 2.54. The summed E-state index contributed by atoms with van der Waals surface area (Å²) in [5, 5.41) is 8.87. The number of imide groups is 1. The molecule has 0 bridgehead atoms. The number of amides is 2. The highest BCUT2D eigenvalue weighted by molar-refractivity contribution is 6.21. The second-order valence-corrected chi connectivity index (χ2v) is 4.30. The zero-order valence-corrected chi connectivity index (χ0v) is 9.95. The maximum absolute atomic E-state index is 11.9. The van der Waals surface area contributed by atoms with E-state index < -0.39 is 17.8 Å². The van der Waals surface area contributed by atoms with Crippen LogP contribution in [-0.4, -0.2) is 27.9 Å². The molecule has 2 unspecified atom stereocenters. The first-order valence-electron chi connectivity index (χ1n) is 5.50. The molecule has 1 saturated heterocycles. The van der Waals surface area contributed by atoms with Gasteiger partial charge < -0.3 is 5.11 Å². The lowest BCUT2D eigenvalue weighted by molar-refractivity contribution is -0.122. The minimum absolute atomic E-state index is 0.00666. The van der Waals surface area contributed by atoms with Crippen LogP contribution in [0.2, 0.25) is 0 Å². The molecule has 0 radical (unpaired) electrons. The van der Waals surface area contributed by atoms with Crippen LogP contribution in [0.5, 0.6) is 0 Å². The van der Waals surface area contributed by atoms with Crippen molar-refractivity contribution in [3.05, 3.63) is 23.9 Å². The van der Waals surface area contributed by atoms with Gasteiger partial charge in [0.2, 0.25) is 11.8 Å². The van der Waals surface area contributed by atoms with E-state index in [2.05, 4.69) is 4.98 Å². The third kappa shape index (κ3) is 1.75. The van der Waals surface area contributed by atoms with E-state index >= 15 is 0 Å². The van der Waals surface area contributed by atoms with E-state index in [9.17, 15) is 14.4 Å².